The number of fused-ring (bicyclic) bond motifs is 1. The molecule has 2 amide bonds. The number of nitrogens with zero attached hydrogens (tertiary/aromatic N) is 2. The Bertz CT molecular complexity index is 1510. The Labute approximate surface area is 208 Å². The first-order valence-corrected chi connectivity index (χ1v) is 11.7. The molecule has 2 N–H and O–H groups in total. The zero-order chi connectivity index (χ0) is 25.8. The van der Waals surface area contributed by atoms with Crippen LogP contribution in [-0.2, 0) is 9.59 Å². The summed E-state index contributed by atoms with van der Waals surface area (Å²) in [5.74, 6) is 0.0198. The second-order valence-corrected chi connectivity index (χ2v) is 8.50. The summed E-state index contributed by atoms with van der Waals surface area (Å²) >= 11 is 0. The van der Waals surface area contributed by atoms with E-state index >= 15 is 0 Å². The normalized spacial score (nSPS) is 11.7. The molecule has 0 aliphatic carbocycles. The van der Waals surface area contributed by atoms with E-state index in [0.717, 1.165) is 5.56 Å². The second-order valence-electron chi connectivity index (χ2n) is 8.50. The van der Waals surface area contributed by atoms with Crippen molar-refractivity contribution in [1.82, 2.24) is 9.55 Å². The van der Waals surface area contributed by atoms with Crippen molar-refractivity contribution in [3.05, 3.63) is 82.6 Å². The summed E-state index contributed by atoms with van der Waals surface area (Å²) in [6, 6.07) is 18.9. The van der Waals surface area contributed by atoms with Gasteiger partial charge in [0.1, 0.15) is 17.5 Å². The largest absolute Gasteiger partial charge is 0.497 e. The number of carbonyl (C=O) groups is 2. The van der Waals surface area contributed by atoms with Crippen LogP contribution in [0.5, 0.6) is 5.75 Å². The summed E-state index contributed by atoms with van der Waals surface area (Å²) in [6.07, 6.45) is 0.371. The molecule has 1 aromatic heterocycles. The smallest absolute Gasteiger partial charge is 0.278 e. The Morgan fingerprint density at radius 3 is 2.53 bits per heavy atom. The van der Waals surface area contributed by atoms with Gasteiger partial charge in [-0.1, -0.05) is 36.8 Å². The van der Waals surface area contributed by atoms with E-state index in [1.54, 1.807) is 49.6 Å². The molecule has 4 aromatic rings. The van der Waals surface area contributed by atoms with Crippen LogP contribution in [0, 0.1) is 6.92 Å². The molecule has 0 bridgehead atoms. The number of para-hydroxylation sites is 2. The third kappa shape index (κ3) is 4.98. The van der Waals surface area contributed by atoms with E-state index in [1.807, 2.05) is 38.1 Å². The molecule has 3 aromatic carbocycles. The minimum Gasteiger partial charge on any atom is -0.497 e. The number of benzene rings is 3. The van der Waals surface area contributed by atoms with Gasteiger partial charge in [-0.25, -0.2) is 4.98 Å². The molecule has 8 nitrogen and oxygen atoms in total. The fraction of sp³-hybridized carbons (Fsp3) is 0.214. The molecule has 36 heavy (non-hydrogen) atoms. The number of methoxy groups -OCH3 is 1. The predicted octanol–water partition coefficient (Wildman–Crippen LogP) is 4.93. The molecule has 0 radical (unpaired) electrons. The summed E-state index contributed by atoms with van der Waals surface area (Å²) in [5.41, 5.74) is 3.31. The molecule has 8 heteroatoms. The summed E-state index contributed by atoms with van der Waals surface area (Å²) in [7, 11) is 1.56. The lowest BCUT2D eigenvalue weighted by atomic mass is 10.0. The van der Waals surface area contributed by atoms with E-state index in [2.05, 4.69) is 15.6 Å². The van der Waals surface area contributed by atoms with Gasteiger partial charge in [-0.2, -0.15) is 0 Å². The third-order valence-electron chi connectivity index (χ3n) is 5.87. The van der Waals surface area contributed by atoms with E-state index < -0.39 is 11.6 Å². The van der Waals surface area contributed by atoms with Gasteiger partial charge in [-0.05, 0) is 49.7 Å². The van der Waals surface area contributed by atoms with Gasteiger partial charge in [-0.3, -0.25) is 19.0 Å². The van der Waals surface area contributed by atoms with Crippen molar-refractivity contribution in [3.63, 3.8) is 0 Å². The minimum atomic E-state index is -0.802. The standard InChI is InChI=1S/C28H28N4O4/c1-5-24(27(34)30-19-9-8-10-20(16-19)36-4)32-25-12-7-6-11-23(25)31-26(28(32)35)21-15-17(2)13-14-22(21)29-18(3)33/h6-16,24H,5H2,1-4H3,(H,29,33)(H,30,34). The number of carbonyl (C=O) groups excluding carboxylic acids is 2. The molecule has 4 rings (SSSR count). The van der Waals surface area contributed by atoms with Crippen LogP contribution in [0.3, 0.4) is 0 Å². The summed E-state index contributed by atoms with van der Waals surface area (Å²) in [5, 5.41) is 5.69. The van der Waals surface area contributed by atoms with Crippen molar-refractivity contribution in [1.29, 1.82) is 0 Å². The SMILES string of the molecule is CCC(C(=O)Nc1cccc(OC)c1)n1c(=O)c(-c2cc(C)ccc2NC(C)=O)nc2ccccc21. The third-order valence-corrected chi connectivity index (χ3v) is 5.87. The molecular weight excluding hydrogens is 456 g/mol. The number of hydrogen-bond donors (Lipinski definition) is 2. The van der Waals surface area contributed by atoms with Crippen LogP contribution < -0.4 is 20.9 Å². The number of amides is 2. The Morgan fingerprint density at radius 2 is 1.81 bits per heavy atom. The molecule has 1 atom stereocenters. The maximum atomic E-state index is 14.0. The van der Waals surface area contributed by atoms with Crippen molar-refractivity contribution >= 4 is 34.2 Å². The monoisotopic (exact) mass is 484 g/mol. The highest BCUT2D eigenvalue weighted by Gasteiger charge is 2.25. The average molecular weight is 485 g/mol. The average Bonchev–Trinajstić information content (AvgIpc) is 2.86. The van der Waals surface area contributed by atoms with Crippen LogP contribution >= 0.6 is 0 Å². The number of hydrogen-bond acceptors (Lipinski definition) is 5. The topological polar surface area (TPSA) is 102 Å². The predicted molar refractivity (Wildman–Crippen MR) is 141 cm³/mol. The highest BCUT2D eigenvalue weighted by atomic mass is 16.5. The van der Waals surface area contributed by atoms with Crippen LogP contribution in [0.2, 0.25) is 0 Å². The Hall–Kier alpha value is -4.46. The van der Waals surface area contributed by atoms with E-state index in [-0.39, 0.29) is 17.5 Å². The Balaban J connectivity index is 1.89. The van der Waals surface area contributed by atoms with Gasteiger partial charge in [0.2, 0.25) is 11.8 Å². The zero-order valence-corrected chi connectivity index (χ0v) is 20.7. The molecule has 0 saturated carbocycles. The number of ether oxygens (including phenoxy) is 1. The van der Waals surface area contributed by atoms with Crippen LogP contribution in [0.4, 0.5) is 11.4 Å². The van der Waals surface area contributed by atoms with Gasteiger partial charge < -0.3 is 15.4 Å². The summed E-state index contributed by atoms with van der Waals surface area (Å²) < 4.78 is 6.75. The van der Waals surface area contributed by atoms with Gasteiger partial charge >= 0.3 is 0 Å². The van der Waals surface area contributed by atoms with Crippen molar-refractivity contribution in [2.24, 2.45) is 0 Å². The molecule has 0 aliphatic heterocycles. The van der Waals surface area contributed by atoms with Gasteiger partial charge in [0.25, 0.3) is 5.56 Å². The van der Waals surface area contributed by atoms with Crippen molar-refractivity contribution < 1.29 is 14.3 Å². The van der Waals surface area contributed by atoms with Crippen LogP contribution in [0.15, 0.2) is 71.5 Å². The van der Waals surface area contributed by atoms with Gasteiger partial charge in [0.15, 0.2) is 0 Å². The zero-order valence-electron chi connectivity index (χ0n) is 20.7. The van der Waals surface area contributed by atoms with Gasteiger partial charge in [-0.15, -0.1) is 0 Å². The Morgan fingerprint density at radius 1 is 1.03 bits per heavy atom. The van der Waals surface area contributed by atoms with E-state index in [0.29, 0.717) is 40.1 Å². The number of aryl methyl sites for hydroxylation is 1. The fourth-order valence-corrected chi connectivity index (χ4v) is 4.20. The van der Waals surface area contributed by atoms with Gasteiger partial charge in [0, 0.05) is 24.2 Å². The molecule has 1 unspecified atom stereocenters. The highest BCUT2D eigenvalue weighted by molar-refractivity contribution is 5.96. The van der Waals surface area contributed by atoms with Crippen LogP contribution in [0.25, 0.3) is 22.3 Å². The minimum absolute atomic E-state index is 0.161. The Kier molecular flexibility index (Phi) is 7.15. The lowest BCUT2D eigenvalue weighted by Gasteiger charge is -2.21. The van der Waals surface area contributed by atoms with Crippen molar-refractivity contribution in [2.75, 3.05) is 17.7 Å². The molecule has 0 aliphatic rings. The quantitative estimate of drug-likeness (QED) is 0.387. The molecular formula is C28H28N4O4. The fourth-order valence-electron chi connectivity index (χ4n) is 4.20. The van der Waals surface area contributed by atoms with E-state index in [1.165, 1.54) is 11.5 Å². The number of rotatable bonds is 7. The van der Waals surface area contributed by atoms with Crippen LogP contribution in [-0.4, -0.2) is 28.5 Å². The lowest BCUT2D eigenvalue weighted by Crippen LogP contribution is -2.34. The summed E-state index contributed by atoms with van der Waals surface area (Å²) in [4.78, 5) is 43.9. The first-order chi connectivity index (χ1) is 17.3. The second kappa shape index (κ2) is 10.4. The van der Waals surface area contributed by atoms with E-state index in [4.69, 9.17) is 4.74 Å². The summed E-state index contributed by atoms with van der Waals surface area (Å²) in [6.45, 7) is 5.16. The first-order valence-electron chi connectivity index (χ1n) is 11.7. The number of nitrogens with one attached hydrogen (secondary N) is 2. The maximum Gasteiger partial charge on any atom is 0.278 e. The first kappa shape index (κ1) is 24.7. The maximum absolute atomic E-state index is 14.0. The number of aromatic nitrogens is 2. The highest BCUT2D eigenvalue weighted by Crippen LogP contribution is 2.29. The van der Waals surface area contributed by atoms with Crippen molar-refractivity contribution in [3.8, 4) is 17.0 Å². The molecule has 0 spiro atoms. The van der Waals surface area contributed by atoms with E-state index in [9.17, 15) is 14.4 Å². The van der Waals surface area contributed by atoms with Crippen LogP contribution in [0.1, 0.15) is 31.9 Å². The van der Waals surface area contributed by atoms with Crippen molar-refractivity contribution in [2.45, 2.75) is 33.2 Å². The van der Waals surface area contributed by atoms with Gasteiger partial charge in [0.05, 0.1) is 23.8 Å². The number of anilines is 2. The molecule has 0 saturated heterocycles. The molecule has 1 heterocycles. The lowest BCUT2D eigenvalue weighted by molar-refractivity contribution is -0.119. The molecule has 0 fully saturated rings. The molecule has 184 valence electrons.